The summed E-state index contributed by atoms with van der Waals surface area (Å²) in [5.41, 5.74) is -0.272. The van der Waals surface area contributed by atoms with Crippen molar-refractivity contribution in [2.24, 2.45) is 0 Å². The van der Waals surface area contributed by atoms with Gasteiger partial charge in [-0.1, -0.05) is 18.2 Å². The summed E-state index contributed by atoms with van der Waals surface area (Å²) in [7, 11) is 1.28. The fourth-order valence-corrected chi connectivity index (χ4v) is 2.25. The first-order valence-electron chi connectivity index (χ1n) is 7.74. The van der Waals surface area contributed by atoms with Crippen molar-refractivity contribution >= 4 is 23.6 Å². The van der Waals surface area contributed by atoms with Gasteiger partial charge in [0, 0.05) is 0 Å². The van der Waals surface area contributed by atoms with E-state index in [1.807, 2.05) is 0 Å². The number of nitrogens with zero attached hydrogens (tertiary/aromatic N) is 1. The number of carboxylic acid groups (broad SMARTS) is 1. The molecule has 0 atom stereocenters. The molecule has 0 aliphatic heterocycles. The Morgan fingerprint density at radius 1 is 1.21 bits per heavy atom. The molecule has 0 saturated carbocycles. The molecule has 28 heavy (non-hydrogen) atoms. The van der Waals surface area contributed by atoms with Crippen LogP contribution in [0.5, 0.6) is 11.5 Å². The number of hydrogen-bond acceptors (Lipinski definition) is 5. The fraction of sp³-hybridized carbons (Fsp3) is 0.105. The first-order valence-corrected chi connectivity index (χ1v) is 7.74. The Bertz CT molecular complexity index is 967. The monoisotopic (exact) mass is 388 g/mol. The topological polar surface area (TPSA) is 109 Å². The molecule has 2 aromatic rings. The molecule has 0 spiro atoms. The number of benzene rings is 2. The van der Waals surface area contributed by atoms with Gasteiger partial charge in [-0.2, -0.15) is 14.0 Å². The van der Waals surface area contributed by atoms with Crippen molar-refractivity contribution in [3.63, 3.8) is 0 Å². The Morgan fingerprint density at radius 2 is 1.93 bits per heavy atom. The van der Waals surface area contributed by atoms with Crippen LogP contribution in [0, 0.1) is 11.3 Å². The minimum Gasteiger partial charge on any atom is -0.493 e. The van der Waals surface area contributed by atoms with Gasteiger partial charge in [0.15, 0.2) is 11.5 Å². The number of para-hydroxylation sites is 1. The van der Waals surface area contributed by atoms with Gasteiger partial charge in [-0.3, -0.25) is 4.79 Å². The molecular weight excluding hydrogens is 374 g/mol. The van der Waals surface area contributed by atoms with E-state index in [2.05, 4.69) is 10.1 Å². The third-order valence-electron chi connectivity index (χ3n) is 3.49. The van der Waals surface area contributed by atoms with Gasteiger partial charge in [-0.25, -0.2) is 4.79 Å². The second-order valence-corrected chi connectivity index (χ2v) is 5.26. The molecule has 0 heterocycles. The van der Waals surface area contributed by atoms with E-state index in [0.29, 0.717) is 0 Å². The largest absolute Gasteiger partial charge is 0.493 e. The zero-order chi connectivity index (χ0) is 20.7. The van der Waals surface area contributed by atoms with Crippen molar-refractivity contribution in [3.8, 4) is 17.6 Å². The van der Waals surface area contributed by atoms with E-state index in [1.54, 1.807) is 6.07 Å². The number of rotatable bonds is 7. The van der Waals surface area contributed by atoms with Crippen LogP contribution in [0.15, 0.2) is 48.0 Å². The van der Waals surface area contributed by atoms with E-state index < -0.39 is 18.5 Å². The van der Waals surface area contributed by atoms with Crippen LogP contribution in [0.3, 0.4) is 0 Å². The van der Waals surface area contributed by atoms with Crippen molar-refractivity contribution in [1.82, 2.24) is 0 Å². The summed E-state index contributed by atoms with van der Waals surface area (Å²) >= 11 is 0. The molecule has 0 aliphatic rings. The van der Waals surface area contributed by atoms with Gasteiger partial charge in [0.05, 0.1) is 18.4 Å². The lowest BCUT2D eigenvalue weighted by molar-refractivity contribution is -0.112. The SMILES string of the molecule is COc1ccc(/C=C(\C#N)C(=O)Nc2ccccc2C(=O)O)cc1OC(F)F. The summed E-state index contributed by atoms with van der Waals surface area (Å²) in [4.78, 5) is 23.5. The van der Waals surface area contributed by atoms with Crippen LogP contribution in [0.25, 0.3) is 6.08 Å². The van der Waals surface area contributed by atoms with Gasteiger partial charge in [-0.15, -0.1) is 0 Å². The third kappa shape index (κ3) is 5.04. The molecule has 0 aliphatic carbocycles. The van der Waals surface area contributed by atoms with Crippen molar-refractivity contribution in [2.75, 3.05) is 12.4 Å². The summed E-state index contributed by atoms with van der Waals surface area (Å²) in [6.45, 7) is -3.08. The molecule has 0 radical (unpaired) electrons. The molecule has 0 saturated heterocycles. The minimum absolute atomic E-state index is 0.0117. The lowest BCUT2D eigenvalue weighted by atomic mass is 10.1. The van der Waals surface area contributed by atoms with E-state index in [-0.39, 0.29) is 33.9 Å². The smallest absolute Gasteiger partial charge is 0.387 e. The number of anilines is 1. The van der Waals surface area contributed by atoms with E-state index in [1.165, 1.54) is 49.6 Å². The number of nitriles is 1. The number of ether oxygens (including phenoxy) is 2. The standard InChI is InChI=1S/C19H14F2N2O5/c1-27-15-7-6-11(9-16(15)28-19(20)21)8-12(10-22)17(24)23-14-5-3-2-4-13(14)18(25)26/h2-9,19H,1H3,(H,23,24)(H,25,26)/b12-8+. The molecule has 0 bridgehead atoms. The summed E-state index contributed by atoms with van der Waals surface area (Å²) in [5.74, 6) is -2.32. The Hall–Kier alpha value is -3.93. The normalized spacial score (nSPS) is 10.9. The van der Waals surface area contributed by atoms with E-state index >= 15 is 0 Å². The molecule has 0 aromatic heterocycles. The van der Waals surface area contributed by atoms with Crippen LogP contribution in [-0.4, -0.2) is 30.7 Å². The van der Waals surface area contributed by atoms with Crippen molar-refractivity contribution < 1.29 is 33.0 Å². The van der Waals surface area contributed by atoms with Gasteiger partial charge in [-0.05, 0) is 35.9 Å². The number of amides is 1. The van der Waals surface area contributed by atoms with Crippen LogP contribution < -0.4 is 14.8 Å². The number of nitrogens with one attached hydrogen (secondary N) is 1. The predicted octanol–water partition coefficient (Wildman–Crippen LogP) is 3.54. The van der Waals surface area contributed by atoms with Crippen LogP contribution in [0.2, 0.25) is 0 Å². The highest BCUT2D eigenvalue weighted by Crippen LogP contribution is 2.30. The lowest BCUT2D eigenvalue weighted by Gasteiger charge is -2.11. The third-order valence-corrected chi connectivity index (χ3v) is 3.49. The molecule has 9 heteroatoms. The highest BCUT2D eigenvalue weighted by molar-refractivity contribution is 6.11. The van der Waals surface area contributed by atoms with Crippen LogP contribution >= 0.6 is 0 Å². The summed E-state index contributed by atoms with van der Waals surface area (Å²) in [6, 6.07) is 11.3. The minimum atomic E-state index is -3.08. The van der Waals surface area contributed by atoms with Crippen LogP contribution in [0.1, 0.15) is 15.9 Å². The van der Waals surface area contributed by atoms with Crippen molar-refractivity contribution in [3.05, 3.63) is 59.2 Å². The first kappa shape index (κ1) is 20.4. The Balaban J connectivity index is 2.32. The second kappa shape index (κ2) is 9.14. The lowest BCUT2D eigenvalue weighted by Crippen LogP contribution is -2.16. The van der Waals surface area contributed by atoms with Crippen LogP contribution in [-0.2, 0) is 4.79 Å². The molecule has 2 N–H and O–H groups in total. The number of methoxy groups -OCH3 is 1. The quantitative estimate of drug-likeness (QED) is 0.555. The Labute approximate surface area is 158 Å². The average Bonchev–Trinajstić information content (AvgIpc) is 2.66. The number of alkyl halides is 2. The average molecular weight is 388 g/mol. The highest BCUT2D eigenvalue weighted by atomic mass is 19.3. The van der Waals surface area contributed by atoms with Gasteiger partial charge >= 0.3 is 12.6 Å². The number of carbonyl (C=O) groups excluding carboxylic acids is 1. The van der Waals surface area contributed by atoms with Crippen molar-refractivity contribution in [2.45, 2.75) is 6.61 Å². The molecule has 1 amide bonds. The number of carboxylic acids is 1. The van der Waals surface area contributed by atoms with Gasteiger partial charge in [0.25, 0.3) is 5.91 Å². The molecular formula is C19H14F2N2O5. The van der Waals surface area contributed by atoms with Gasteiger partial charge < -0.3 is 19.9 Å². The molecule has 144 valence electrons. The van der Waals surface area contributed by atoms with Crippen molar-refractivity contribution in [1.29, 1.82) is 5.26 Å². The predicted molar refractivity (Wildman–Crippen MR) is 95.2 cm³/mol. The molecule has 0 fully saturated rings. The Kier molecular flexibility index (Phi) is 6.65. The number of hydrogen-bond donors (Lipinski definition) is 2. The maximum Gasteiger partial charge on any atom is 0.387 e. The zero-order valence-electron chi connectivity index (χ0n) is 14.5. The highest BCUT2D eigenvalue weighted by Gasteiger charge is 2.16. The van der Waals surface area contributed by atoms with E-state index in [9.17, 15) is 23.6 Å². The maximum atomic E-state index is 12.5. The summed E-state index contributed by atoms with van der Waals surface area (Å²) in [5, 5.41) is 20.7. The zero-order valence-corrected chi connectivity index (χ0v) is 14.5. The van der Waals surface area contributed by atoms with Gasteiger partial charge in [0.2, 0.25) is 0 Å². The number of halogens is 2. The molecule has 7 nitrogen and oxygen atoms in total. The summed E-state index contributed by atoms with van der Waals surface area (Å²) < 4.78 is 34.3. The molecule has 2 rings (SSSR count). The number of aromatic carboxylic acids is 1. The summed E-state index contributed by atoms with van der Waals surface area (Å²) in [6.07, 6.45) is 1.15. The van der Waals surface area contributed by atoms with E-state index in [4.69, 9.17) is 9.84 Å². The first-order chi connectivity index (χ1) is 13.3. The molecule has 0 unspecified atom stereocenters. The fourth-order valence-electron chi connectivity index (χ4n) is 2.25. The Morgan fingerprint density at radius 3 is 2.54 bits per heavy atom. The van der Waals surface area contributed by atoms with Crippen LogP contribution in [0.4, 0.5) is 14.5 Å². The molecule has 2 aromatic carbocycles. The maximum absolute atomic E-state index is 12.5. The number of carbonyl (C=O) groups is 2. The second-order valence-electron chi connectivity index (χ2n) is 5.26. The van der Waals surface area contributed by atoms with E-state index in [0.717, 1.165) is 6.08 Å². The van der Waals surface area contributed by atoms with Gasteiger partial charge in [0.1, 0.15) is 11.6 Å².